The van der Waals surface area contributed by atoms with Crippen molar-refractivity contribution in [3.63, 3.8) is 0 Å². The first kappa shape index (κ1) is 19.1. The van der Waals surface area contributed by atoms with Crippen LogP contribution in [-0.2, 0) is 21.1 Å². The molecule has 2 aromatic carbocycles. The zero-order valence-electron chi connectivity index (χ0n) is 15.5. The lowest BCUT2D eigenvalue weighted by atomic mass is 9.82. The number of hydrogen-bond donors (Lipinski definition) is 1. The van der Waals surface area contributed by atoms with Crippen LogP contribution in [0.1, 0.15) is 29.9 Å². The summed E-state index contributed by atoms with van der Waals surface area (Å²) >= 11 is 0. The number of benzene rings is 2. The second kappa shape index (κ2) is 7.64. The number of sulfone groups is 1. The molecule has 0 unspecified atom stereocenters. The van der Waals surface area contributed by atoms with Crippen molar-refractivity contribution >= 4 is 15.7 Å². The molecule has 4 rings (SSSR count). The van der Waals surface area contributed by atoms with Gasteiger partial charge in [-0.05, 0) is 66.6 Å². The maximum Gasteiger partial charge on any atom is 0.234 e. The highest BCUT2D eigenvalue weighted by molar-refractivity contribution is 7.91. The summed E-state index contributed by atoms with van der Waals surface area (Å²) in [6, 6.07) is 10.4. The molecule has 1 atom stereocenters. The Morgan fingerprint density at radius 3 is 2.75 bits per heavy atom. The standard InChI is InChI=1S/C21H23FN2O3S/c22-17-5-2-6-18(12-17)28(26,27)19-7-8-20-15(11-19)3-1-4-16(20)13-24-10-9-23-21(25)14-24/h2,5-8,11-12,16H,1,3-4,9-10,13-14H2,(H,23,25)/t16-/m0/s1. The molecule has 1 heterocycles. The first-order valence-electron chi connectivity index (χ1n) is 9.56. The molecule has 0 aromatic heterocycles. The normalized spacial score (nSPS) is 20.5. The Balaban J connectivity index is 1.60. The Hall–Kier alpha value is -2.25. The van der Waals surface area contributed by atoms with E-state index in [4.69, 9.17) is 0 Å². The highest BCUT2D eigenvalue weighted by Gasteiger charge is 2.27. The van der Waals surface area contributed by atoms with Crippen molar-refractivity contribution in [3.8, 4) is 0 Å². The van der Waals surface area contributed by atoms with Crippen LogP contribution < -0.4 is 5.32 Å². The minimum Gasteiger partial charge on any atom is -0.354 e. The van der Waals surface area contributed by atoms with Crippen molar-refractivity contribution in [1.29, 1.82) is 0 Å². The van der Waals surface area contributed by atoms with E-state index in [1.807, 2.05) is 6.07 Å². The quantitative estimate of drug-likeness (QED) is 0.854. The molecule has 1 amide bonds. The van der Waals surface area contributed by atoms with E-state index in [1.165, 1.54) is 18.2 Å². The van der Waals surface area contributed by atoms with Crippen LogP contribution in [-0.4, -0.2) is 45.4 Å². The van der Waals surface area contributed by atoms with Crippen LogP contribution in [0.2, 0.25) is 0 Å². The zero-order chi connectivity index (χ0) is 19.7. The third kappa shape index (κ3) is 3.82. The van der Waals surface area contributed by atoms with Crippen LogP contribution in [0.25, 0.3) is 0 Å². The van der Waals surface area contributed by atoms with E-state index in [0.717, 1.165) is 49.5 Å². The molecule has 5 nitrogen and oxygen atoms in total. The average Bonchev–Trinajstić information content (AvgIpc) is 2.68. The van der Waals surface area contributed by atoms with Crippen molar-refractivity contribution in [2.24, 2.45) is 0 Å². The van der Waals surface area contributed by atoms with Gasteiger partial charge in [-0.3, -0.25) is 9.69 Å². The highest BCUT2D eigenvalue weighted by atomic mass is 32.2. The molecule has 1 aliphatic carbocycles. The summed E-state index contributed by atoms with van der Waals surface area (Å²) < 4.78 is 39.3. The highest BCUT2D eigenvalue weighted by Crippen LogP contribution is 2.35. The van der Waals surface area contributed by atoms with Gasteiger partial charge in [0.1, 0.15) is 5.82 Å². The Bertz CT molecular complexity index is 1010. The fraction of sp³-hybridized carbons (Fsp3) is 0.381. The van der Waals surface area contributed by atoms with E-state index in [2.05, 4.69) is 10.2 Å². The van der Waals surface area contributed by atoms with Gasteiger partial charge in [-0.1, -0.05) is 12.1 Å². The lowest BCUT2D eigenvalue weighted by Crippen LogP contribution is -2.48. The molecule has 0 saturated carbocycles. The maximum absolute atomic E-state index is 13.5. The van der Waals surface area contributed by atoms with Crippen LogP contribution in [0, 0.1) is 5.82 Å². The monoisotopic (exact) mass is 402 g/mol. The minimum absolute atomic E-state index is 0.0286. The number of nitrogens with one attached hydrogen (secondary N) is 1. The summed E-state index contributed by atoms with van der Waals surface area (Å²) in [5.74, 6) is -0.218. The van der Waals surface area contributed by atoms with Crippen molar-refractivity contribution in [2.45, 2.75) is 35.0 Å². The minimum atomic E-state index is -3.75. The molecule has 1 N–H and O–H groups in total. The van der Waals surface area contributed by atoms with Crippen molar-refractivity contribution < 1.29 is 17.6 Å². The Labute approximate surface area is 164 Å². The third-order valence-electron chi connectivity index (χ3n) is 5.57. The van der Waals surface area contributed by atoms with Gasteiger partial charge in [-0.2, -0.15) is 0 Å². The molecule has 0 spiro atoms. The smallest absolute Gasteiger partial charge is 0.234 e. The van der Waals surface area contributed by atoms with Gasteiger partial charge in [0, 0.05) is 19.6 Å². The van der Waals surface area contributed by atoms with Gasteiger partial charge in [0.25, 0.3) is 0 Å². The number of hydrogen-bond acceptors (Lipinski definition) is 4. The van der Waals surface area contributed by atoms with Crippen molar-refractivity contribution in [1.82, 2.24) is 10.2 Å². The number of nitrogens with zero attached hydrogens (tertiary/aromatic N) is 1. The molecule has 0 radical (unpaired) electrons. The number of aryl methyl sites for hydroxylation is 1. The molecule has 2 aliphatic rings. The molecular weight excluding hydrogens is 379 g/mol. The Kier molecular flexibility index (Phi) is 5.21. The summed E-state index contributed by atoms with van der Waals surface area (Å²) in [6.45, 7) is 2.72. The molecular formula is C21H23FN2O3S. The second-order valence-electron chi connectivity index (χ2n) is 7.50. The number of fused-ring (bicyclic) bond motifs is 1. The molecule has 1 aliphatic heterocycles. The largest absolute Gasteiger partial charge is 0.354 e. The van der Waals surface area contributed by atoms with Gasteiger partial charge in [-0.15, -0.1) is 0 Å². The number of rotatable bonds is 4. The van der Waals surface area contributed by atoms with Gasteiger partial charge >= 0.3 is 0 Å². The predicted molar refractivity (Wildman–Crippen MR) is 103 cm³/mol. The summed E-state index contributed by atoms with van der Waals surface area (Å²) in [7, 11) is -3.75. The lowest BCUT2D eigenvalue weighted by Gasteiger charge is -2.33. The van der Waals surface area contributed by atoms with Crippen LogP contribution in [0.5, 0.6) is 0 Å². The van der Waals surface area contributed by atoms with E-state index in [1.54, 1.807) is 12.1 Å². The fourth-order valence-corrected chi connectivity index (χ4v) is 5.52. The number of carbonyl (C=O) groups is 1. The SMILES string of the molecule is O=C1CN(C[C@@H]2CCCc3cc(S(=O)(=O)c4cccc(F)c4)ccc32)CCN1. The number of carbonyl (C=O) groups excluding carboxylic acids is 1. The number of halogens is 1. The molecule has 0 bridgehead atoms. The first-order valence-corrected chi connectivity index (χ1v) is 11.0. The summed E-state index contributed by atoms with van der Waals surface area (Å²) in [5.41, 5.74) is 2.20. The van der Waals surface area contributed by atoms with Gasteiger partial charge in [0.15, 0.2) is 0 Å². The molecule has 28 heavy (non-hydrogen) atoms. The van der Waals surface area contributed by atoms with Gasteiger partial charge in [0.2, 0.25) is 15.7 Å². The average molecular weight is 402 g/mol. The molecule has 1 saturated heterocycles. The summed E-state index contributed by atoms with van der Waals surface area (Å²) in [6.07, 6.45) is 2.85. The predicted octanol–water partition coefficient (Wildman–Crippen LogP) is 2.51. The summed E-state index contributed by atoms with van der Waals surface area (Å²) in [4.78, 5) is 14.0. The van der Waals surface area contributed by atoms with Crippen molar-refractivity contribution in [2.75, 3.05) is 26.2 Å². The zero-order valence-corrected chi connectivity index (χ0v) is 16.3. The molecule has 2 aromatic rings. The Morgan fingerprint density at radius 1 is 1.14 bits per heavy atom. The van der Waals surface area contributed by atoms with Gasteiger partial charge in [-0.25, -0.2) is 12.8 Å². The van der Waals surface area contributed by atoms with Crippen LogP contribution >= 0.6 is 0 Å². The number of piperazine rings is 1. The maximum atomic E-state index is 13.5. The van der Waals surface area contributed by atoms with E-state index in [0.29, 0.717) is 19.0 Å². The second-order valence-corrected chi connectivity index (χ2v) is 9.45. The lowest BCUT2D eigenvalue weighted by molar-refractivity contribution is -0.124. The van der Waals surface area contributed by atoms with E-state index >= 15 is 0 Å². The topological polar surface area (TPSA) is 66.5 Å². The van der Waals surface area contributed by atoms with E-state index in [9.17, 15) is 17.6 Å². The van der Waals surface area contributed by atoms with Gasteiger partial charge in [0.05, 0.1) is 16.3 Å². The fourth-order valence-electron chi connectivity index (χ4n) is 4.18. The first-order chi connectivity index (χ1) is 13.4. The van der Waals surface area contributed by atoms with E-state index < -0.39 is 15.7 Å². The van der Waals surface area contributed by atoms with Gasteiger partial charge < -0.3 is 5.32 Å². The molecule has 1 fully saturated rings. The van der Waals surface area contributed by atoms with Crippen LogP contribution in [0.15, 0.2) is 52.3 Å². The molecule has 7 heteroatoms. The van der Waals surface area contributed by atoms with Crippen LogP contribution in [0.4, 0.5) is 4.39 Å². The van der Waals surface area contributed by atoms with Crippen LogP contribution in [0.3, 0.4) is 0 Å². The Morgan fingerprint density at radius 2 is 1.96 bits per heavy atom. The van der Waals surface area contributed by atoms with Crippen molar-refractivity contribution in [3.05, 3.63) is 59.4 Å². The summed E-state index contributed by atoms with van der Waals surface area (Å²) in [5, 5.41) is 2.84. The van der Waals surface area contributed by atoms with E-state index in [-0.39, 0.29) is 15.7 Å². The third-order valence-corrected chi connectivity index (χ3v) is 7.31. The number of amides is 1. The molecule has 148 valence electrons.